The van der Waals surface area contributed by atoms with E-state index < -0.39 is 0 Å². The maximum absolute atomic E-state index is 1.61. The number of hydrogen-bond acceptors (Lipinski definition) is 0. The first kappa shape index (κ1) is 13.6. The Morgan fingerprint density at radius 2 is 1.00 bits per heavy atom. The minimum atomic E-state index is 1.14. The largest absolute Gasteiger partial charge is 0.0530 e. The maximum atomic E-state index is 1.61. The lowest BCUT2D eigenvalue weighted by molar-refractivity contribution is 0.150. The molecule has 0 heterocycles. The Labute approximate surface area is 126 Å². The summed E-state index contributed by atoms with van der Waals surface area (Å²) in [6.45, 7) is 0. The molecule has 0 spiro atoms. The average molecular weight is 274 g/mol. The average Bonchev–Trinajstić information content (AvgIpc) is 3.12. The third-order valence-corrected chi connectivity index (χ3v) is 7.86. The van der Waals surface area contributed by atoms with Crippen LogP contribution in [-0.2, 0) is 0 Å². The molecule has 0 aromatic rings. The van der Waals surface area contributed by atoms with Crippen molar-refractivity contribution in [3.8, 4) is 0 Å². The molecule has 4 rings (SSSR count). The van der Waals surface area contributed by atoms with Gasteiger partial charge in [-0.3, -0.25) is 0 Å². The first-order valence-electron chi connectivity index (χ1n) is 9.92. The van der Waals surface area contributed by atoms with Gasteiger partial charge < -0.3 is 0 Å². The Hall–Kier alpha value is 0. The molecule has 0 radical (unpaired) electrons. The van der Waals surface area contributed by atoms with Gasteiger partial charge in [0.2, 0.25) is 0 Å². The van der Waals surface area contributed by atoms with E-state index in [1.54, 1.807) is 89.9 Å². The van der Waals surface area contributed by atoms with Crippen molar-refractivity contribution in [3.63, 3.8) is 0 Å². The molecule has 6 unspecified atom stereocenters. The number of rotatable bonds is 3. The second-order valence-corrected chi connectivity index (χ2v) is 8.67. The quantitative estimate of drug-likeness (QED) is 0.575. The highest BCUT2D eigenvalue weighted by Crippen LogP contribution is 2.50. The third-order valence-electron chi connectivity index (χ3n) is 7.86. The van der Waals surface area contributed by atoms with Crippen LogP contribution < -0.4 is 0 Å². The van der Waals surface area contributed by atoms with Gasteiger partial charge in [-0.15, -0.1) is 0 Å². The van der Waals surface area contributed by atoms with E-state index in [-0.39, 0.29) is 0 Å². The van der Waals surface area contributed by atoms with Gasteiger partial charge in [0, 0.05) is 0 Å². The van der Waals surface area contributed by atoms with E-state index in [1.165, 1.54) is 0 Å². The molecule has 0 N–H and O–H groups in total. The second-order valence-electron chi connectivity index (χ2n) is 8.67. The van der Waals surface area contributed by atoms with Crippen molar-refractivity contribution in [2.24, 2.45) is 35.5 Å². The molecule has 4 aliphatic carbocycles. The van der Waals surface area contributed by atoms with Gasteiger partial charge in [0.05, 0.1) is 0 Å². The summed E-state index contributed by atoms with van der Waals surface area (Å²) in [5, 5.41) is 0. The Morgan fingerprint density at radius 3 is 1.85 bits per heavy atom. The first-order valence-corrected chi connectivity index (χ1v) is 9.92. The molecule has 0 aromatic carbocycles. The van der Waals surface area contributed by atoms with Crippen molar-refractivity contribution in [1.82, 2.24) is 0 Å². The molecule has 0 heteroatoms. The summed E-state index contributed by atoms with van der Waals surface area (Å²) in [5.74, 6) is 6.90. The van der Waals surface area contributed by atoms with Crippen molar-refractivity contribution in [1.29, 1.82) is 0 Å². The van der Waals surface area contributed by atoms with Crippen LogP contribution in [0.2, 0.25) is 0 Å². The maximum Gasteiger partial charge on any atom is -0.0357 e. The van der Waals surface area contributed by atoms with E-state index in [2.05, 4.69) is 0 Å². The molecule has 4 fully saturated rings. The summed E-state index contributed by atoms with van der Waals surface area (Å²) in [7, 11) is 0. The molecule has 0 aliphatic heterocycles. The summed E-state index contributed by atoms with van der Waals surface area (Å²) in [4.78, 5) is 0. The van der Waals surface area contributed by atoms with Crippen molar-refractivity contribution >= 4 is 0 Å². The lowest BCUT2D eigenvalue weighted by Gasteiger charge is -2.35. The van der Waals surface area contributed by atoms with Gasteiger partial charge in [-0.1, -0.05) is 51.4 Å². The van der Waals surface area contributed by atoms with Gasteiger partial charge in [0.25, 0.3) is 0 Å². The zero-order valence-corrected chi connectivity index (χ0v) is 13.4. The smallest absolute Gasteiger partial charge is 0.0357 e. The van der Waals surface area contributed by atoms with Crippen LogP contribution in [0.3, 0.4) is 0 Å². The summed E-state index contributed by atoms with van der Waals surface area (Å²) in [5.41, 5.74) is 0. The molecule has 0 amide bonds. The summed E-state index contributed by atoms with van der Waals surface area (Å²) in [6, 6.07) is 0. The molecule has 20 heavy (non-hydrogen) atoms. The van der Waals surface area contributed by atoms with Gasteiger partial charge >= 0.3 is 0 Å². The van der Waals surface area contributed by atoms with Crippen LogP contribution in [0, 0.1) is 35.5 Å². The lowest BCUT2D eigenvalue weighted by Crippen LogP contribution is -2.25. The van der Waals surface area contributed by atoms with E-state index in [4.69, 9.17) is 0 Å². The minimum Gasteiger partial charge on any atom is -0.0530 e. The van der Waals surface area contributed by atoms with Gasteiger partial charge in [0.1, 0.15) is 0 Å². The molecule has 0 saturated heterocycles. The Kier molecular flexibility index (Phi) is 4.10. The SMILES string of the molecule is C1CC2CCCC2C(CCC2CCC3CCCCC32)C1. The van der Waals surface area contributed by atoms with E-state index in [0.717, 1.165) is 35.5 Å². The highest BCUT2D eigenvalue weighted by Gasteiger charge is 2.39. The molecule has 0 bridgehead atoms. The van der Waals surface area contributed by atoms with Gasteiger partial charge in [-0.25, -0.2) is 0 Å². The first-order chi connectivity index (χ1) is 9.92. The third kappa shape index (κ3) is 2.57. The normalized spacial score (nSPS) is 48.0. The number of hydrogen-bond donors (Lipinski definition) is 0. The second kappa shape index (κ2) is 6.01. The molecule has 4 saturated carbocycles. The van der Waals surface area contributed by atoms with Gasteiger partial charge in [-0.05, 0) is 74.0 Å². The molecule has 0 nitrogen and oxygen atoms in total. The van der Waals surface area contributed by atoms with Crippen LogP contribution in [-0.4, -0.2) is 0 Å². The predicted octanol–water partition coefficient (Wildman–Crippen LogP) is 6.20. The zero-order chi connectivity index (χ0) is 13.4. The fourth-order valence-electron chi connectivity index (χ4n) is 6.90. The van der Waals surface area contributed by atoms with Crippen LogP contribution in [0.25, 0.3) is 0 Å². The van der Waals surface area contributed by atoms with Crippen LogP contribution in [0.15, 0.2) is 0 Å². The van der Waals surface area contributed by atoms with E-state index in [9.17, 15) is 0 Å². The van der Waals surface area contributed by atoms with Crippen LogP contribution in [0.5, 0.6) is 0 Å². The zero-order valence-electron chi connectivity index (χ0n) is 13.4. The standard InChI is InChI=1S/C20H34/c1-2-9-19-16(5-1)11-13-18(19)14-12-17-7-3-6-15-8-4-10-20(15)17/h15-20H,1-14H2. The highest BCUT2D eigenvalue weighted by molar-refractivity contribution is 4.90. The lowest BCUT2D eigenvalue weighted by atomic mass is 9.70. The summed E-state index contributed by atoms with van der Waals surface area (Å²) in [6.07, 6.45) is 22.1. The van der Waals surface area contributed by atoms with E-state index in [0.29, 0.717) is 0 Å². The van der Waals surface area contributed by atoms with Crippen LogP contribution >= 0.6 is 0 Å². The molecular formula is C20H34. The molecule has 4 aliphatic rings. The van der Waals surface area contributed by atoms with Crippen molar-refractivity contribution < 1.29 is 0 Å². The molecule has 6 atom stereocenters. The number of fused-ring (bicyclic) bond motifs is 2. The minimum absolute atomic E-state index is 1.14. The van der Waals surface area contributed by atoms with Crippen molar-refractivity contribution in [2.45, 2.75) is 89.9 Å². The fraction of sp³-hybridized carbons (Fsp3) is 1.00. The van der Waals surface area contributed by atoms with Crippen molar-refractivity contribution in [2.75, 3.05) is 0 Å². The summed E-state index contributed by atoms with van der Waals surface area (Å²) < 4.78 is 0. The fourth-order valence-corrected chi connectivity index (χ4v) is 6.90. The molecular weight excluding hydrogens is 240 g/mol. The Bertz CT molecular complexity index is 320. The highest BCUT2D eigenvalue weighted by atomic mass is 14.4. The van der Waals surface area contributed by atoms with Gasteiger partial charge in [0.15, 0.2) is 0 Å². The Morgan fingerprint density at radius 1 is 0.450 bits per heavy atom. The molecule has 0 aromatic heterocycles. The van der Waals surface area contributed by atoms with Gasteiger partial charge in [-0.2, -0.15) is 0 Å². The van der Waals surface area contributed by atoms with Crippen LogP contribution in [0.1, 0.15) is 89.9 Å². The van der Waals surface area contributed by atoms with E-state index >= 15 is 0 Å². The molecule has 114 valence electrons. The Balaban J connectivity index is 1.31. The summed E-state index contributed by atoms with van der Waals surface area (Å²) >= 11 is 0. The van der Waals surface area contributed by atoms with Crippen LogP contribution in [0.4, 0.5) is 0 Å². The topological polar surface area (TPSA) is 0 Å². The van der Waals surface area contributed by atoms with E-state index in [1.807, 2.05) is 0 Å². The monoisotopic (exact) mass is 274 g/mol. The van der Waals surface area contributed by atoms with Crippen molar-refractivity contribution in [3.05, 3.63) is 0 Å². The predicted molar refractivity (Wildman–Crippen MR) is 85.6 cm³/mol.